The van der Waals surface area contributed by atoms with Gasteiger partial charge in [-0.15, -0.1) is 0 Å². The standard InChI is InChI=1S/C20H20ClFN4O/c1-13(2)25-12-16(10-23-25)19(27)9-8-18-14(3)24-26(20(18)21)11-15-4-6-17(22)7-5-15/h4-10,12-13H,11H2,1-3H3. The summed E-state index contributed by atoms with van der Waals surface area (Å²) in [6, 6.07) is 6.37. The highest BCUT2D eigenvalue weighted by molar-refractivity contribution is 6.31. The second-order valence-corrected chi connectivity index (χ2v) is 6.93. The van der Waals surface area contributed by atoms with Gasteiger partial charge in [0.2, 0.25) is 0 Å². The van der Waals surface area contributed by atoms with Crippen molar-refractivity contribution in [1.29, 1.82) is 0 Å². The molecule has 2 aromatic heterocycles. The summed E-state index contributed by atoms with van der Waals surface area (Å²) in [6.07, 6.45) is 6.42. The first kappa shape index (κ1) is 19.0. The molecule has 0 fully saturated rings. The van der Waals surface area contributed by atoms with Crippen LogP contribution in [0.15, 0.2) is 42.7 Å². The first-order valence-corrected chi connectivity index (χ1v) is 8.97. The number of hydrogen-bond acceptors (Lipinski definition) is 3. The van der Waals surface area contributed by atoms with Crippen LogP contribution in [0.3, 0.4) is 0 Å². The van der Waals surface area contributed by atoms with E-state index in [1.54, 1.807) is 40.0 Å². The van der Waals surface area contributed by atoms with Gasteiger partial charge in [0, 0.05) is 17.8 Å². The molecule has 0 aliphatic rings. The molecule has 0 spiro atoms. The molecular formula is C20H20ClFN4O. The smallest absolute Gasteiger partial charge is 0.189 e. The highest BCUT2D eigenvalue weighted by Crippen LogP contribution is 2.23. The second-order valence-electron chi connectivity index (χ2n) is 6.57. The molecule has 0 amide bonds. The topological polar surface area (TPSA) is 52.7 Å². The summed E-state index contributed by atoms with van der Waals surface area (Å²) in [6.45, 7) is 6.24. The van der Waals surface area contributed by atoms with Gasteiger partial charge < -0.3 is 0 Å². The van der Waals surface area contributed by atoms with E-state index in [2.05, 4.69) is 10.2 Å². The maximum Gasteiger partial charge on any atom is 0.189 e. The molecule has 0 saturated carbocycles. The van der Waals surface area contributed by atoms with Gasteiger partial charge in [0.05, 0.1) is 24.0 Å². The average Bonchev–Trinajstić information content (AvgIpc) is 3.22. The van der Waals surface area contributed by atoms with Crippen LogP contribution in [0.25, 0.3) is 6.08 Å². The quantitative estimate of drug-likeness (QED) is 0.455. The SMILES string of the molecule is Cc1nn(Cc2ccc(F)cc2)c(Cl)c1C=CC(=O)c1cnn(C(C)C)c1. The van der Waals surface area contributed by atoms with Gasteiger partial charge in [-0.3, -0.25) is 9.48 Å². The molecule has 27 heavy (non-hydrogen) atoms. The molecule has 0 radical (unpaired) electrons. The summed E-state index contributed by atoms with van der Waals surface area (Å²) < 4.78 is 16.4. The molecule has 5 nitrogen and oxygen atoms in total. The van der Waals surface area contributed by atoms with Gasteiger partial charge in [-0.1, -0.05) is 23.7 Å². The number of benzene rings is 1. The zero-order valence-corrected chi connectivity index (χ0v) is 16.1. The molecule has 7 heteroatoms. The van der Waals surface area contributed by atoms with E-state index < -0.39 is 0 Å². The number of aryl methyl sites for hydroxylation is 1. The van der Waals surface area contributed by atoms with Gasteiger partial charge in [0.15, 0.2) is 5.78 Å². The number of aromatic nitrogens is 4. The first-order valence-electron chi connectivity index (χ1n) is 8.59. The van der Waals surface area contributed by atoms with Gasteiger partial charge >= 0.3 is 0 Å². The third kappa shape index (κ3) is 4.34. The largest absolute Gasteiger partial charge is 0.289 e. The maximum atomic E-state index is 13.0. The molecule has 0 unspecified atom stereocenters. The number of allylic oxidation sites excluding steroid dienone is 1. The van der Waals surface area contributed by atoms with E-state index in [1.165, 1.54) is 18.2 Å². The minimum absolute atomic E-state index is 0.149. The van der Waals surface area contributed by atoms with E-state index in [1.807, 2.05) is 20.8 Å². The highest BCUT2D eigenvalue weighted by Gasteiger charge is 2.13. The second kappa shape index (κ2) is 7.88. The normalized spacial score (nSPS) is 11.6. The van der Waals surface area contributed by atoms with Crippen LogP contribution < -0.4 is 0 Å². The van der Waals surface area contributed by atoms with Crippen molar-refractivity contribution in [1.82, 2.24) is 19.6 Å². The summed E-state index contributed by atoms with van der Waals surface area (Å²) in [5, 5.41) is 9.02. The fourth-order valence-corrected chi connectivity index (χ4v) is 2.92. The molecule has 0 aliphatic carbocycles. The van der Waals surface area contributed by atoms with Crippen LogP contribution >= 0.6 is 11.6 Å². The van der Waals surface area contributed by atoms with Crippen molar-refractivity contribution in [3.8, 4) is 0 Å². The number of rotatable bonds is 6. The minimum Gasteiger partial charge on any atom is -0.289 e. The monoisotopic (exact) mass is 386 g/mol. The van der Waals surface area contributed by atoms with Gasteiger partial charge in [0.25, 0.3) is 0 Å². The molecular weight excluding hydrogens is 367 g/mol. The summed E-state index contributed by atoms with van der Waals surface area (Å²) in [4.78, 5) is 12.4. The maximum absolute atomic E-state index is 13.0. The average molecular weight is 387 g/mol. The number of halogens is 2. The molecule has 0 atom stereocenters. The molecule has 0 aliphatic heterocycles. The van der Waals surface area contributed by atoms with E-state index in [-0.39, 0.29) is 17.6 Å². The molecule has 2 heterocycles. The van der Waals surface area contributed by atoms with Crippen molar-refractivity contribution in [3.05, 3.63) is 76.1 Å². The van der Waals surface area contributed by atoms with Crippen LogP contribution in [-0.2, 0) is 6.54 Å². The molecule has 0 N–H and O–H groups in total. The fraction of sp³-hybridized carbons (Fsp3) is 0.250. The first-order chi connectivity index (χ1) is 12.8. The van der Waals surface area contributed by atoms with Crippen LogP contribution in [0.2, 0.25) is 5.15 Å². The third-order valence-electron chi connectivity index (χ3n) is 4.17. The Bertz CT molecular complexity index is 986. The van der Waals surface area contributed by atoms with E-state index in [4.69, 9.17) is 11.6 Å². The molecule has 0 bridgehead atoms. The van der Waals surface area contributed by atoms with Crippen molar-refractivity contribution in [2.24, 2.45) is 0 Å². The number of hydrogen-bond donors (Lipinski definition) is 0. The third-order valence-corrected chi connectivity index (χ3v) is 4.57. The van der Waals surface area contributed by atoms with Crippen LogP contribution in [0, 0.1) is 12.7 Å². The van der Waals surface area contributed by atoms with Crippen molar-refractivity contribution in [2.45, 2.75) is 33.4 Å². The number of ketones is 1. The summed E-state index contributed by atoms with van der Waals surface area (Å²) in [7, 11) is 0. The Hall–Kier alpha value is -2.73. The van der Waals surface area contributed by atoms with Crippen LogP contribution in [0.4, 0.5) is 4.39 Å². The lowest BCUT2D eigenvalue weighted by Gasteiger charge is -2.03. The van der Waals surface area contributed by atoms with E-state index in [0.29, 0.717) is 28.5 Å². The zero-order chi connectivity index (χ0) is 19.6. The van der Waals surface area contributed by atoms with Crippen LogP contribution in [0.1, 0.15) is 47.1 Å². The molecule has 3 aromatic rings. The summed E-state index contributed by atoms with van der Waals surface area (Å²) in [5.74, 6) is -0.437. The predicted molar refractivity (Wildman–Crippen MR) is 103 cm³/mol. The Kier molecular flexibility index (Phi) is 5.56. The highest BCUT2D eigenvalue weighted by atomic mass is 35.5. The lowest BCUT2D eigenvalue weighted by molar-refractivity contribution is 0.104. The number of carbonyl (C=O) groups excluding carboxylic acids is 1. The van der Waals surface area contributed by atoms with Gasteiger partial charge in [-0.25, -0.2) is 9.07 Å². The summed E-state index contributed by atoms with van der Waals surface area (Å²) in [5.41, 5.74) is 2.80. The molecule has 0 saturated heterocycles. The molecule has 1 aromatic carbocycles. The lowest BCUT2D eigenvalue weighted by atomic mass is 10.1. The van der Waals surface area contributed by atoms with Crippen molar-refractivity contribution in [3.63, 3.8) is 0 Å². The lowest BCUT2D eigenvalue weighted by Crippen LogP contribution is -2.02. The number of nitrogens with zero attached hydrogens (tertiary/aromatic N) is 4. The zero-order valence-electron chi connectivity index (χ0n) is 15.4. The van der Waals surface area contributed by atoms with E-state index in [0.717, 1.165) is 5.56 Å². The molecule has 3 rings (SSSR count). The molecule has 140 valence electrons. The Labute approximate surface area is 162 Å². The summed E-state index contributed by atoms with van der Waals surface area (Å²) >= 11 is 6.43. The van der Waals surface area contributed by atoms with Crippen molar-refractivity contribution < 1.29 is 9.18 Å². The Balaban J connectivity index is 1.78. The predicted octanol–water partition coefficient (Wildman–Crippen LogP) is 4.71. The van der Waals surface area contributed by atoms with E-state index >= 15 is 0 Å². The minimum atomic E-state index is -0.288. The Morgan fingerprint density at radius 3 is 2.63 bits per heavy atom. The van der Waals surface area contributed by atoms with Gasteiger partial charge in [-0.05, 0) is 50.6 Å². The fourth-order valence-electron chi connectivity index (χ4n) is 2.63. The Morgan fingerprint density at radius 2 is 2.00 bits per heavy atom. The van der Waals surface area contributed by atoms with Crippen molar-refractivity contribution >= 4 is 23.5 Å². The van der Waals surface area contributed by atoms with Gasteiger partial charge in [-0.2, -0.15) is 10.2 Å². The van der Waals surface area contributed by atoms with Crippen molar-refractivity contribution in [2.75, 3.05) is 0 Å². The van der Waals surface area contributed by atoms with Crippen LogP contribution in [0.5, 0.6) is 0 Å². The van der Waals surface area contributed by atoms with E-state index in [9.17, 15) is 9.18 Å². The van der Waals surface area contributed by atoms with Crippen LogP contribution in [-0.4, -0.2) is 25.3 Å². The number of carbonyl (C=O) groups is 1. The Morgan fingerprint density at radius 1 is 1.30 bits per heavy atom. The van der Waals surface area contributed by atoms with Gasteiger partial charge in [0.1, 0.15) is 11.0 Å².